The molecule has 0 bridgehead atoms. The van der Waals surface area contributed by atoms with E-state index in [1.165, 1.54) is 33.1 Å². The van der Waals surface area contributed by atoms with Gasteiger partial charge in [0.15, 0.2) is 23.5 Å². The summed E-state index contributed by atoms with van der Waals surface area (Å²) in [6.07, 6.45) is -1.49. The predicted molar refractivity (Wildman–Crippen MR) is 157 cm³/mol. The number of carbonyl (C=O) groups excluding carboxylic acids is 5. The summed E-state index contributed by atoms with van der Waals surface area (Å²) in [6, 6.07) is 8.44. The van der Waals surface area contributed by atoms with E-state index in [-0.39, 0.29) is 11.4 Å². The molecule has 0 aromatic heterocycles. The van der Waals surface area contributed by atoms with E-state index in [1.807, 2.05) is 39.0 Å². The van der Waals surface area contributed by atoms with Gasteiger partial charge in [-0.15, -0.1) is 0 Å². The van der Waals surface area contributed by atoms with Crippen molar-refractivity contribution in [2.75, 3.05) is 17.7 Å². The number of benzene rings is 2. The Hall–Kier alpha value is -4.41. The summed E-state index contributed by atoms with van der Waals surface area (Å²) in [5, 5.41) is 5.39. The Morgan fingerprint density at radius 3 is 2.14 bits per heavy atom. The maximum absolute atomic E-state index is 13.6. The van der Waals surface area contributed by atoms with Crippen LogP contribution in [0.5, 0.6) is 11.5 Å². The Bertz CT molecular complexity index is 1410. The number of nitrogens with zero attached hydrogens (tertiary/aromatic N) is 1. The fourth-order valence-corrected chi connectivity index (χ4v) is 4.38. The molecule has 0 saturated carbocycles. The van der Waals surface area contributed by atoms with Gasteiger partial charge in [0, 0.05) is 11.1 Å². The number of hydrogen-bond acceptors (Lipinski definition) is 8. The van der Waals surface area contributed by atoms with E-state index in [9.17, 15) is 24.0 Å². The van der Waals surface area contributed by atoms with Crippen LogP contribution in [0.25, 0.3) is 0 Å². The largest absolute Gasteiger partial charge is 0.495 e. The van der Waals surface area contributed by atoms with E-state index >= 15 is 0 Å². The van der Waals surface area contributed by atoms with Crippen LogP contribution in [0.1, 0.15) is 59.1 Å². The summed E-state index contributed by atoms with van der Waals surface area (Å²) in [5.41, 5.74) is -0.222. The molecule has 0 radical (unpaired) electrons. The quantitative estimate of drug-likeness (QED) is 0.382. The number of aryl methyl sites for hydroxylation is 2. The number of ketones is 1. The number of imide groups is 1. The molecule has 2 aromatic carbocycles. The van der Waals surface area contributed by atoms with Gasteiger partial charge in [-0.3, -0.25) is 19.2 Å². The molecule has 1 aliphatic rings. The lowest BCUT2D eigenvalue weighted by Crippen LogP contribution is -2.55. The van der Waals surface area contributed by atoms with Gasteiger partial charge in [0.05, 0.1) is 12.8 Å². The number of amides is 4. The lowest BCUT2D eigenvalue weighted by molar-refractivity contribution is -0.145. The molecule has 2 atom stereocenters. The molecule has 1 fully saturated rings. The fraction of sp³-hybridized carbons (Fsp3) is 0.452. The number of carbonyl (C=O) groups is 5. The van der Waals surface area contributed by atoms with Gasteiger partial charge in [-0.25, -0.2) is 9.69 Å². The Balaban J connectivity index is 1.88. The second kappa shape index (κ2) is 12.2. The number of rotatable bonds is 10. The van der Waals surface area contributed by atoms with Gasteiger partial charge in [-0.05, 0) is 63.9 Å². The predicted octanol–water partition coefficient (Wildman–Crippen LogP) is 4.79. The molecule has 3 rings (SSSR count). The normalized spacial score (nSPS) is 15.9. The van der Waals surface area contributed by atoms with Crippen molar-refractivity contribution in [1.29, 1.82) is 0 Å². The smallest absolute Gasteiger partial charge is 0.418 e. The van der Waals surface area contributed by atoms with E-state index in [0.29, 0.717) is 22.8 Å². The number of cyclic esters (lactones) is 1. The van der Waals surface area contributed by atoms with Crippen molar-refractivity contribution in [3.63, 3.8) is 0 Å². The Morgan fingerprint density at radius 2 is 1.62 bits per heavy atom. The van der Waals surface area contributed by atoms with Crippen molar-refractivity contribution in [3.8, 4) is 11.5 Å². The maximum Gasteiger partial charge on any atom is 0.418 e. The average molecular weight is 582 g/mol. The van der Waals surface area contributed by atoms with Crippen LogP contribution >= 0.6 is 0 Å². The monoisotopic (exact) mass is 581 g/mol. The molecule has 2 unspecified atom stereocenters. The van der Waals surface area contributed by atoms with E-state index in [2.05, 4.69) is 10.6 Å². The Kier molecular flexibility index (Phi) is 9.34. The zero-order valence-corrected chi connectivity index (χ0v) is 25.5. The van der Waals surface area contributed by atoms with Gasteiger partial charge in [0.25, 0.3) is 17.7 Å². The molecule has 2 aromatic rings. The number of Topliss-reactive ketones (excluding diaryl/α,β-unsaturated/α-hetero) is 1. The van der Waals surface area contributed by atoms with Crippen molar-refractivity contribution in [1.82, 2.24) is 4.90 Å². The summed E-state index contributed by atoms with van der Waals surface area (Å²) < 4.78 is 16.5. The van der Waals surface area contributed by atoms with Crippen molar-refractivity contribution in [2.45, 2.75) is 79.6 Å². The molecule has 226 valence electrons. The third kappa shape index (κ3) is 6.89. The highest BCUT2D eigenvalue weighted by Gasteiger charge is 2.55. The van der Waals surface area contributed by atoms with Crippen LogP contribution in [0, 0.1) is 19.3 Å². The molecule has 11 heteroatoms. The first-order chi connectivity index (χ1) is 19.5. The summed E-state index contributed by atoms with van der Waals surface area (Å²) in [4.78, 5) is 66.3. The first-order valence-corrected chi connectivity index (χ1v) is 13.6. The molecular formula is C31H39N3O8. The SMILES string of the molecule is CCC(Oc1ccc(C)cc1C)C(=O)Nc1ccc(OC)c(NC(=O)C(C(=O)C(C)(C)C)N2C(=O)OC(C)(C)C2=O)c1. The van der Waals surface area contributed by atoms with Crippen molar-refractivity contribution >= 4 is 41.0 Å². The number of hydrogen-bond donors (Lipinski definition) is 2. The number of anilines is 2. The second-order valence-electron chi connectivity index (χ2n) is 11.7. The van der Waals surface area contributed by atoms with Gasteiger partial charge in [-0.2, -0.15) is 0 Å². The van der Waals surface area contributed by atoms with E-state index in [1.54, 1.807) is 26.8 Å². The lowest BCUT2D eigenvalue weighted by Gasteiger charge is -2.28. The molecule has 2 N–H and O–H groups in total. The molecule has 11 nitrogen and oxygen atoms in total. The third-order valence-electron chi connectivity index (χ3n) is 6.75. The maximum atomic E-state index is 13.6. The van der Waals surface area contributed by atoms with Gasteiger partial charge < -0.3 is 24.8 Å². The summed E-state index contributed by atoms with van der Waals surface area (Å²) in [7, 11) is 1.38. The molecule has 1 saturated heterocycles. The molecular weight excluding hydrogens is 542 g/mol. The van der Waals surface area contributed by atoms with E-state index in [0.717, 1.165) is 11.1 Å². The Morgan fingerprint density at radius 1 is 0.976 bits per heavy atom. The Labute approximate surface area is 245 Å². The summed E-state index contributed by atoms with van der Waals surface area (Å²) in [5.74, 6) is -2.01. The van der Waals surface area contributed by atoms with Crippen LogP contribution in [-0.2, 0) is 23.9 Å². The van der Waals surface area contributed by atoms with E-state index in [4.69, 9.17) is 14.2 Å². The van der Waals surface area contributed by atoms with Gasteiger partial charge in [0.2, 0.25) is 0 Å². The highest BCUT2D eigenvalue weighted by molar-refractivity contribution is 6.19. The van der Waals surface area contributed by atoms with Gasteiger partial charge >= 0.3 is 6.09 Å². The minimum atomic E-state index is -1.80. The second-order valence-corrected chi connectivity index (χ2v) is 11.7. The fourth-order valence-electron chi connectivity index (χ4n) is 4.38. The lowest BCUT2D eigenvalue weighted by atomic mass is 9.85. The summed E-state index contributed by atoms with van der Waals surface area (Å²) >= 11 is 0. The number of methoxy groups -OCH3 is 1. The third-order valence-corrected chi connectivity index (χ3v) is 6.75. The van der Waals surface area contributed by atoms with Crippen LogP contribution in [0.3, 0.4) is 0 Å². The first kappa shape index (κ1) is 32.1. The van der Waals surface area contributed by atoms with Crippen LogP contribution in [0.2, 0.25) is 0 Å². The zero-order chi connectivity index (χ0) is 31.6. The number of ether oxygens (including phenoxy) is 3. The topological polar surface area (TPSA) is 140 Å². The van der Waals surface area contributed by atoms with Gasteiger partial charge in [-0.1, -0.05) is 45.4 Å². The van der Waals surface area contributed by atoms with Crippen molar-refractivity contribution in [3.05, 3.63) is 47.5 Å². The molecule has 1 heterocycles. The van der Waals surface area contributed by atoms with Crippen LogP contribution in [-0.4, -0.2) is 59.4 Å². The zero-order valence-electron chi connectivity index (χ0n) is 25.5. The average Bonchev–Trinajstić information content (AvgIpc) is 3.09. The minimum Gasteiger partial charge on any atom is -0.495 e. The van der Waals surface area contributed by atoms with Crippen LogP contribution in [0.4, 0.5) is 16.2 Å². The first-order valence-electron chi connectivity index (χ1n) is 13.6. The highest BCUT2D eigenvalue weighted by Crippen LogP contribution is 2.32. The highest BCUT2D eigenvalue weighted by atomic mass is 16.6. The van der Waals surface area contributed by atoms with Gasteiger partial charge in [0.1, 0.15) is 11.5 Å². The van der Waals surface area contributed by atoms with E-state index < -0.39 is 52.8 Å². The van der Waals surface area contributed by atoms with Crippen LogP contribution in [0.15, 0.2) is 36.4 Å². The molecule has 4 amide bonds. The van der Waals surface area contributed by atoms with Crippen molar-refractivity contribution in [2.24, 2.45) is 5.41 Å². The minimum absolute atomic E-state index is 0.106. The molecule has 0 aliphatic carbocycles. The molecule has 1 aliphatic heterocycles. The standard InChI is InChI=1S/C31H39N3O8/c1-10-21(41-22-13-11-17(2)15-18(22)3)26(36)32-19-12-14-23(40-9)20(16-19)33-27(37)24(25(35)30(4,5)6)34-28(38)31(7,8)42-29(34)39/h11-16,21,24H,10H2,1-9H3,(H,32,36)(H,33,37). The number of nitrogens with one attached hydrogen (secondary N) is 2. The van der Waals surface area contributed by atoms with Crippen LogP contribution < -0.4 is 20.1 Å². The molecule has 42 heavy (non-hydrogen) atoms. The molecule has 0 spiro atoms. The van der Waals surface area contributed by atoms with Crippen molar-refractivity contribution < 1.29 is 38.2 Å². The summed E-state index contributed by atoms with van der Waals surface area (Å²) in [6.45, 7) is 13.2.